The van der Waals surface area contributed by atoms with Crippen LogP contribution in [-0.4, -0.2) is 18.4 Å². The fraction of sp³-hybridized carbons (Fsp3) is 0.111. The second-order valence-corrected chi connectivity index (χ2v) is 4.37. The summed E-state index contributed by atoms with van der Waals surface area (Å²) in [4.78, 5) is 16.5. The fourth-order valence-electron chi connectivity index (χ4n) is 1.41. The lowest BCUT2D eigenvalue weighted by Gasteiger charge is -2.18. The molecule has 1 amide bonds. The van der Waals surface area contributed by atoms with E-state index in [0.29, 0.717) is 10.7 Å². The molecule has 0 aliphatic carbocycles. The van der Waals surface area contributed by atoms with E-state index < -0.39 is 0 Å². The first-order valence-corrected chi connectivity index (χ1v) is 5.41. The number of carbonyl (C=O) groups is 1. The highest BCUT2D eigenvalue weighted by Crippen LogP contribution is 2.37. The molecular weight excluding hydrogens is 272 g/mol. The number of carbonyl (C=O) groups excluding carboxylic acids is 1. The number of halogens is 3. The topological polar surface area (TPSA) is 58.7 Å². The molecule has 1 aliphatic heterocycles. The molecule has 1 heterocycles. The minimum atomic E-state index is -0.274. The summed E-state index contributed by atoms with van der Waals surface area (Å²) in [5.74, 6) is -0.195. The van der Waals surface area contributed by atoms with Crippen molar-refractivity contribution in [1.82, 2.24) is 0 Å². The molecule has 4 nitrogen and oxygen atoms in total. The molecule has 1 aliphatic rings. The van der Waals surface area contributed by atoms with Crippen LogP contribution in [0.2, 0.25) is 15.1 Å². The van der Waals surface area contributed by atoms with Gasteiger partial charge in [0.15, 0.2) is 0 Å². The van der Waals surface area contributed by atoms with Gasteiger partial charge in [0, 0.05) is 5.02 Å². The van der Waals surface area contributed by atoms with Crippen LogP contribution in [0.5, 0.6) is 0 Å². The number of rotatable bonds is 1. The van der Waals surface area contributed by atoms with Crippen molar-refractivity contribution in [1.29, 1.82) is 0 Å². The van der Waals surface area contributed by atoms with Gasteiger partial charge in [-0.2, -0.15) is 0 Å². The Balaban J connectivity index is 2.56. The van der Waals surface area contributed by atoms with Gasteiger partial charge < -0.3 is 5.73 Å². The maximum absolute atomic E-state index is 11.6. The van der Waals surface area contributed by atoms with Gasteiger partial charge in [0.1, 0.15) is 6.54 Å². The zero-order valence-corrected chi connectivity index (χ0v) is 10.1. The van der Waals surface area contributed by atoms with Crippen LogP contribution in [0.15, 0.2) is 17.1 Å². The number of amides is 1. The van der Waals surface area contributed by atoms with E-state index in [4.69, 9.17) is 40.5 Å². The Hall–Kier alpha value is -0.970. The van der Waals surface area contributed by atoms with Gasteiger partial charge in [0.05, 0.1) is 15.7 Å². The first-order valence-electron chi connectivity index (χ1n) is 4.28. The molecule has 7 heteroatoms. The van der Waals surface area contributed by atoms with E-state index in [-0.39, 0.29) is 28.5 Å². The highest BCUT2D eigenvalue weighted by atomic mass is 35.5. The summed E-state index contributed by atoms with van der Waals surface area (Å²) in [5, 5.41) is 0.901. The Labute approximate surface area is 107 Å². The van der Waals surface area contributed by atoms with Gasteiger partial charge in [-0.1, -0.05) is 34.8 Å². The predicted octanol–water partition coefficient (Wildman–Crippen LogP) is 2.31. The molecule has 0 saturated heterocycles. The van der Waals surface area contributed by atoms with Gasteiger partial charge in [-0.15, -0.1) is 0 Å². The monoisotopic (exact) mass is 277 g/mol. The summed E-state index contributed by atoms with van der Waals surface area (Å²) in [6, 6.07) is 2.98. The summed E-state index contributed by atoms with van der Waals surface area (Å²) in [5.41, 5.74) is 5.90. The molecule has 0 aromatic heterocycles. The molecule has 84 valence electrons. The maximum Gasteiger partial charge on any atom is 0.255 e. The van der Waals surface area contributed by atoms with E-state index in [9.17, 15) is 4.79 Å². The Morgan fingerprint density at radius 2 is 1.81 bits per heavy atom. The molecule has 0 spiro atoms. The zero-order chi connectivity index (χ0) is 11.9. The second-order valence-electron chi connectivity index (χ2n) is 3.12. The van der Waals surface area contributed by atoms with Crippen molar-refractivity contribution < 1.29 is 4.79 Å². The van der Waals surface area contributed by atoms with Gasteiger partial charge in [0.25, 0.3) is 5.91 Å². The number of hydrogen-bond acceptors (Lipinski definition) is 3. The van der Waals surface area contributed by atoms with Crippen molar-refractivity contribution in [2.75, 3.05) is 11.4 Å². The van der Waals surface area contributed by atoms with Crippen LogP contribution in [0.3, 0.4) is 0 Å². The minimum absolute atomic E-state index is 0.00111. The first-order chi connectivity index (χ1) is 7.50. The van der Waals surface area contributed by atoms with E-state index in [1.165, 1.54) is 17.0 Å². The van der Waals surface area contributed by atoms with Crippen LogP contribution in [0.1, 0.15) is 0 Å². The Bertz CT molecular complexity index is 478. The van der Waals surface area contributed by atoms with E-state index >= 15 is 0 Å². The van der Waals surface area contributed by atoms with Gasteiger partial charge >= 0.3 is 0 Å². The zero-order valence-electron chi connectivity index (χ0n) is 7.88. The largest absolute Gasteiger partial charge is 0.369 e. The standard InChI is InChI=1S/C9H6Cl3N3O/c10-4-1-5(11)8(6(12)2-4)15-7(16)3-14-9(15)13/h1-2H,3H2,(H2,13,14). The number of anilines is 1. The smallest absolute Gasteiger partial charge is 0.255 e. The third kappa shape index (κ3) is 1.84. The molecule has 1 aromatic carbocycles. The Morgan fingerprint density at radius 3 is 2.25 bits per heavy atom. The Kier molecular flexibility index (Phi) is 2.97. The first kappa shape index (κ1) is 11.5. The molecule has 1 aromatic rings. The van der Waals surface area contributed by atoms with Crippen LogP contribution in [0.4, 0.5) is 5.69 Å². The SMILES string of the molecule is NC1=NCC(=O)N1c1c(Cl)cc(Cl)cc1Cl. The Morgan fingerprint density at radius 1 is 1.25 bits per heavy atom. The second kappa shape index (κ2) is 4.13. The number of benzene rings is 1. The summed E-state index contributed by atoms with van der Waals surface area (Å²) in [6.45, 7) is 0.00111. The van der Waals surface area contributed by atoms with Crippen molar-refractivity contribution in [2.45, 2.75) is 0 Å². The van der Waals surface area contributed by atoms with Gasteiger partial charge in [-0.05, 0) is 12.1 Å². The summed E-state index contributed by atoms with van der Waals surface area (Å²) >= 11 is 17.7. The predicted molar refractivity (Wildman–Crippen MR) is 65.4 cm³/mol. The van der Waals surface area contributed by atoms with Crippen molar-refractivity contribution in [2.24, 2.45) is 10.7 Å². The molecule has 0 bridgehead atoms. The normalized spacial score (nSPS) is 15.6. The van der Waals surface area contributed by atoms with Gasteiger partial charge in [0.2, 0.25) is 5.96 Å². The average molecular weight is 279 g/mol. The number of nitrogens with zero attached hydrogens (tertiary/aromatic N) is 2. The highest BCUT2D eigenvalue weighted by molar-refractivity contribution is 6.44. The average Bonchev–Trinajstić information content (AvgIpc) is 2.47. The van der Waals surface area contributed by atoms with E-state index in [0.717, 1.165) is 0 Å². The molecule has 16 heavy (non-hydrogen) atoms. The van der Waals surface area contributed by atoms with Gasteiger partial charge in [-0.3, -0.25) is 4.79 Å². The lowest BCUT2D eigenvalue weighted by atomic mass is 10.3. The molecule has 2 N–H and O–H groups in total. The van der Waals surface area contributed by atoms with Crippen LogP contribution >= 0.6 is 34.8 Å². The van der Waals surface area contributed by atoms with Crippen molar-refractivity contribution >= 4 is 52.4 Å². The highest BCUT2D eigenvalue weighted by Gasteiger charge is 2.28. The lowest BCUT2D eigenvalue weighted by Crippen LogP contribution is -2.37. The maximum atomic E-state index is 11.6. The molecule has 2 rings (SSSR count). The number of nitrogens with two attached hydrogens (primary N) is 1. The van der Waals surface area contributed by atoms with Crippen molar-refractivity contribution in [3.63, 3.8) is 0 Å². The lowest BCUT2D eigenvalue weighted by molar-refractivity contribution is -0.115. The number of aliphatic imine (C=N–C) groups is 1. The molecule has 0 unspecified atom stereocenters. The third-order valence-electron chi connectivity index (χ3n) is 2.06. The van der Waals surface area contributed by atoms with E-state index in [2.05, 4.69) is 4.99 Å². The van der Waals surface area contributed by atoms with Crippen LogP contribution in [0, 0.1) is 0 Å². The van der Waals surface area contributed by atoms with Crippen molar-refractivity contribution in [3.8, 4) is 0 Å². The molecular formula is C9H6Cl3N3O. The number of hydrogen-bond donors (Lipinski definition) is 1. The van der Waals surface area contributed by atoms with Crippen LogP contribution in [-0.2, 0) is 4.79 Å². The summed E-state index contributed by atoms with van der Waals surface area (Å²) in [6.07, 6.45) is 0. The van der Waals surface area contributed by atoms with E-state index in [1.54, 1.807) is 0 Å². The van der Waals surface area contributed by atoms with E-state index in [1.807, 2.05) is 0 Å². The summed E-state index contributed by atoms with van der Waals surface area (Å²) in [7, 11) is 0. The minimum Gasteiger partial charge on any atom is -0.369 e. The summed E-state index contributed by atoms with van der Waals surface area (Å²) < 4.78 is 0. The van der Waals surface area contributed by atoms with Crippen LogP contribution in [0.25, 0.3) is 0 Å². The molecule has 0 radical (unpaired) electrons. The molecule has 0 saturated carbocycles. The fourth-order valence-corrected chi connectivity index (χ4v) is 2.39. The molecule has 0 fully saturated rings. The third-order valence-corrected chi connectivity index (χ3v) is 2.85. The van der Waals surface area contributed by atoms with Crippen LogP contribution < -0.4 is 10.6 Å². The number of guanidine groups is 1. The van der Waals surface area contributed by atoms with Gasteiger partial charge in [-0.25, -0.2) is 9.89 Å². The van der Waals surface area contributed by atoms with Crippen molar-refractivity contribution in [3.05, 3.63) is 27.2 Å². The molecule has 0 atom stereocenters. The quantitative estimate of drug-likeness (QED) is 0.857.